The quantitative estimate of drug-likeness (QED) is 0.858. The topological polar surface area (TPSA) is 21.3 Å². The van der Waals surface area contributed by atoms with Crippen molar-refractivity contribution in [2.75, 3.05) is 5.32 Å². The van der Waals surface area contributed by atoms with Crippen molar-refractivity contribution in [1.29, 1.82) is 0 Å². The van der Waals surface area contributed by atoms with E-state index in [2.05, 4.69) is 41.2 Å². The second-order valence-corrected chi connectivity index (χ2v) is 5.41. The second kappa shape index (κ2) is 5.91. The van der Waals surface area contributed by atoms with Gasteiger partial charge in [-0.2, -0.15) is 11.3 Å². The van der Waals surface area contributed by atoms with Crippen LogP contribution in [0.4, 0.5) is 5.69 Å². The van der Waals surface area contributed by atoms with Crippen molar-refractivity contribution in [3.05, 3.63) is 46.2 Å². The Labute approximate surface area is 113 Å². The third-order valence-corrected chi connectivity index (χ3v) is 3.36. The van der Waals surface area contributed by atoms with E-state index < -0.39 is 0 Å². The van der Waals surface area contributed by atoms with E-state index in [0.717, 1.165) is 18.0 Å². The van der Waals surface area contributed by atoms with Crippen LogP contribution in [0.15, 0.2) is 35.0 Å². The van der Waals surface area contributed by atoms with Crippen LogP contribution in [0.3, 0.4) is 0 Å². The van der Waals surface area contributed by atoms with Crippen molar-refractivity contribution in [2.45, 2.75) is 33.4 Å². The maximum absolute atomic E-state index is 5.67. The first-order valence-corrected chi connectivity index (χ1v) is 7.11. The number of anilines is 1. The monoisotopic (exact) mass is 261 g/mol. The molecule has 1 heterocycles. The lowest BCUT2D eigenvalue weighted by Crippen LogP contribution is -2.06. The van der Waals surface area contributed by atoms with Gasteiger partial charge >= 0.3 is 0 Å². The number of aryl methyl sites for hydroxylation is 1. The molecule has 1 aromatic carbocycles. The van der Waals surface area contributed by atoms with E-state index in [1.807, 2.05) is 19.9 Å². The number of benzene rings is 1. The normalized spacial score (nSPS) is 10.7. The van der Waals surface area contributed by atoms with E-state index in [4.69, 9.17) is 4.74 Å². The predicted molar refractivity (Wildman–Crippen MR) is 78.6 cm³/mol. The summed E-state index contributed by atoms with van der Waals surface area (Å²) in [5, 5.41) is 7.71. The molecule has 18 heavy (non-hydrogen) atoms. The van der Waals surface area contributed by atoms with Gasteiger partial charge in [-0.25, -0.2) is 0 Å². The van der Waals surface area contributed by atoms with Gasteiger partial charge in [0.25, 0.3) is 0 Å². The zero-order valence-corrected chi connectivity index (χ0v) is 11.9. The van der Waals surface area contributed by atoms with Gasteiger partial charge in [-0.1, -0.05) is 0 Å². The van der Waals surface area contributed by atoms with Gasteiger partial charge in [-0.15, -0.1) is 0 Å². The number of hydrogen-bond acceptors (Lipinski definition) is 3. The molecule has 0 radical (unpaired) electrons. The maximum Gasteiger partial charge on any atom is 0.120 e. The predicted octanol–water partition coefficient (Wildman–Crippen LogP) is 4.46. The molecular formula is C15H19NOS. The Kier molecular flexibility index (Phi) is 4.26. The molecule has 1 N–H and O–H groups in total. The van der Waals surface area contributed by atoms with E-state index in [1.165, 1.54) is 11.1 Å². The Morgan fingerprint density at radius 2 is 2.11 bits per heavy atom. The van der Waals surface area contributed by atoms with E-state index in [1.54, 1.807) is 11.3 Å². The first-order valence-electron chi connectivity index (χ1n) is 6.17. The summed E-state index contributed by atoms with van der Waals surface area (Å²) in [5.41, 5.74) is 3.70. The van der Waals surface area contributed by atoms with Crippen molar-refractivity contribution in [2.24, 2.45) is 0 Å². The molecule has 0 atom stereocenters. The average molecular weight is 261 g/mol. The van der Waals surface area contributed by atoms with Gasteiger partial charge in [0.2, 0.25) is 0 Å². The smallest absolute Gasteiger partial charge is 0.120 e. The van der Waals surface area contributed by atoms with Crippen LogP contribution in [0.2, 0.25) is 0 Å². The summed E-state index contributed by atoms with van der Waals surface area (Å²) in [5.74, 6) is 0.934. The largest absolute Gasteiger partial charge is 0.491 e. The molecule has 0 saturated heterocycles. The molecule has 0 fully saturated rings. The van der Waals surface area contributed by atoms with Crippen LogP contribution >= 0.6 is 11.3 Å². The minimum Gasteiger partial charge on any atom is -0.491 e. The molecule has 0 spiro atoms. The number of hydrogen-bond donors (Lipinski definition) is 1. The zero-order valence-electron chi connectivity index (χ0n) is 11.1. The molecule has 96 valence electrons. The van der Waals surface area contributed by atoms with Gasteiger partial charge in [-0.05, 0) is 66.9 Å². The fraction of sp³-hybridized carbons (Fsp3) is 0.333. The van der Waals surface area contributed by atoms with E-state index in [-0.39, 0.29) is 6.10 Å². The minimum absolute atomic E-state index is 0.217. The first kappa shape index (κ1) is 13.0. The van der Waals surface area contributed by atoms with Gasteiger partial charge < -0.3 is 10.1 Å². The summed E-state index contributed by atoms with van der Waals surface area (Å²) in [6.07, 6.45) is 0.217. The van der Waals surface area contributed by atoms with Crippen LogP contribution in [-0.4, -0.2) is 6.10 Å². The molecule has 0 bridgehead atoms. The average Bonchev–Trinajstić information content (AvgIpc) is 2.80. The lowest BCUT2D eigenvalue weighted by molar-refractivity contribution is 0.242. The number of nitrogens with one attached hydrogen (secondary N) is 1. The third-order valence-electron chi connectivity index (χ3n) is 2.63. The summed E-state index contributed by atoms with van der Waals surface area (Å²) in [4.78, 5) is 0. The van der Waals surface area contributed by atoms with Crippen molar-refractivity contribution in [1.82, 2.24) is 0 Å². The maximum atomic E-state index is 5.67. The molecular weight excluding hydrogens is 242 g/mol. The summed E-state index contributed by atoms with van der Waals surface area (Å²) in [7, 11) is 0. The third kappa shape index (κ3) is 3.50. The van der Waals surface area contributed by atoms with Crippen molar-refractivity contribution in [3.63, 3.8) is 0 Å². The summed E-state index contributed by atoms with van der Waals surface area (Å²) in [6.45, 7) is 7.05. The molecule has 3 heteroatoms. The van der Waals surface area contributed by atoms with Crippen LogP contribution in [0, 0.1) is 6.92 Å². The van der Waals surface area contributed by atoms with Gasteiger partial charge in [0.1, 0.15) is 5.75 Å². The lowest BCUT2D eigenvalue weighted by atomic mass is 10.2. The molecule has 1 aromatic heterocycles. The second-order valence-electron chi connectivity index (χ2n) is 4.63. The Balaban J connectivity index is 2.01. The van der Waals surface area contributed by atoms with Gasteiger partial charge in [0.05, 0.1) is 6.10 Å². The molecule has 2 rings (SSSR count). The van der Waals surface area contributed by atoms with Crippen LogP contribution in [0.1, 0.15) is 25.0 Å². The van der Waals surface area contributed by atoms with Gasteiger partial charge in [0, 0.05) is 12.2 Å². The van der Waals surface area contributed by atoms with Crippen molar-refractivity contribution < 1.29 is 4.74 Å². The minimum atomic E-state index is 0.217. The van der Waals surface area contributed by atoms with Crippen LogP contribution in [-0.2, 0) is 6.54 Å². The van der Waals surface area contributed by atoms with E-state index in [0.29, 0.717) is 0 Å². The zero-order chi connectivity index (χ0) is 13.0. The number of thiophene rings is 1. The Morgan fingerprint density at radius 3 is 2.72 bits per heavy atom. The molecule has 0 saturated carbocycles. The van der Waals surface area contributed by atoms with E-state index >= 15 is 0 Å². The Morgan fingerprint density at radius 1 is 1.28 bits per heavy atom. The molecule has 0 unspecified atom stereocenters. The van der Waals surface area contributed by atoms with Crippen molar-refractivity contribution >= 4 is 17.0 Å². The number of rotatable bonds is 5. The van der Waals surface area contributed by atoms with Crippen LogP contribution in [0.25, 0.3) is 0 Å². The summed E-state index contributed by atoms with van der Waals surface area (Å²) < 4.78 is 5.67. The first-order chi connectivity index (χ1) is 8.65. The molecule has 2 nitrogen and oxygen atoms in total. The van der Waals surface area contributed by atoms with Crippen molar-refractivity contribution in [3.8, 4) is 5.75 Å². The van der Waals surface area contributed by atoms with Crippen LogP contribution in [0.5, 0.6) is 5.75 Å². The fourth-order valence-corrected chi connectivity index (χ4v) is 2.44. The Hall–Kier alpha value is -1.48. The van der Waals surface area contributed by atoms with Crippen LogP contribution < -0.4 is 10.1 Å². The molecule has 0 amide bonds. The highest BCUT2D eigenvalue weighted by atomic mass is 32.1. The SMILES string of the molecule is Cc1cc(OC(C)C)ccc1NCc1ccsc1. The molecule has 0 aliphatic rings. The highest BCUT2D eigenvalue weighted by molar-refractivity contribution is 7.07. The summed E-state index contributed by atoms with van der Waals surface area (Å²) in [6, 6.07) is 8.32. The summed E-state index contributed by atoms with van der Waals surface area (Å²) >= 11 is 1.73. The molecule has 2 aromatic rings. The number of ether oxygens (including phenoxy) is 1. The van der Waals surface area contributed by atoms with E-state index in [9.17, 15) is 0 Å². The fourth-order valence-electron chi connectivity index (χ4n) is 1.77. The molecule has 0 aliphatic carbocycles. The standard InChI is InChI=1S/C15H19NOS/c1-11(2)17-14-4-5-15(12(3)8-14)16-9-13-6-7-18-10-13/h4-8,10-11,16H,9H2,1-3H3. The highest BCUT2D eigenvalue weighted by Gasteiger charge is 2.02. The Bertz CT molecular complexity index is 491. The lowest BCUT2D eigenvalue weighted by Gasteiger charge is -2.13. The van der Waals surface area contributed by atoms with Gasteiger partial charge in [0.15, 0.2) is 0 Å². The molecule has 0 aliphatic heterocycles. The highest BCUT2D eigenvalue weighted by Crippen LogP contribution is 2.23. The van der Waals surface area contributed by atoms with Gasteiger partial charge in [-0.3, -0.25) is 0 Å².